The third-order valence-corrected chi connectivity index (χ3v) is 7.18. The van der Waals surface area contributed by atoms with Crippen molar-refractivity contribution < 1.29 is 19.4 Å². The number of carboxylic acid groups (broad SMARTS) is 1. The van der Waals surface area contributed by atoms with Gasteiger partial charge in [0.25, 0.3) is 5.91 Å². The minimum atomic E-state index is -1.04. The van der Waals surface area contributed by atoms with Crippen LogP contribution < -0.4 is 4.74 Å². The molecule has 3 aromatic carbocycles. The van der Waals surface area contributed by atoms with E-state index in [1.807, 2.05) is 24.3 Å². The van der Waals surface area contributed by atoms with Crippen LogP contribution in [0.25, 0.3) is 0 Å². The molecule has 37 heavy (non-hydrogen) atoms. The maximum Gasteiger partial charge on any atom is 0.323 e. The maximum atomic E-state index is 13.3. The van der Waals surface area contributed by atoms with Crippen LogP contribution in [-0.4, -0.2) is 40.6 Å². The van der Waals surface area contributed by atoms with Crippen LogP contribution in [0.15, 0.2) is 66.7 Å². The minimum Gasteiger partial charge on any atom is -0.487 e. The average Bonchev–Trinajstić information content (AvgIpc) is 2.88. The van der Waals surface area contributed by atoms with Crippen LogP contribution in [0.5, 0.6) is 5.75 Å². The highest BCUT2D eigenvalue weighted by molar-refractivity contribution is 6.30. The predicted molar refractivity (Wildman–Crippen MR) is 147 cm³/mol. The number of rotatable bonds is 10. The molecule has 3 aromatic rings. The van der Waals surface area contributed by atoms with Gasteiger partial charge >= 0.3 is 5.97 Å². The Labute approximate surface area is 224 Å². The normalized spacial score (nSPS) is 16.5. The highest BCUT2D eigenvalue weighted by Gasteiger charge is 2.32. The lowest BCUT2D eigenvalue weighted by Crippen LogP contribution is -2.39. The lowest BCUT2D eigenvalue weighted by atomic mass is 9.86. The molecule has 0 fully saturated rings. The molecule has 1 heterocycles. The zero-order chi connectivity index (χ0) is 26.4. The van der Waals surface area contributed by atoms with Gasteiger partial charge in [-0.3, -0.25) is 9.59 Å². The van der Waals surface area contributed by atoms with Crippen LogP contribution in [0, 0.1) is 0 Å². The monoisotopic (exact) mass is 519 g/mol. The molecule has 0 bridgehead atoms. The van der Waals surface area contributed by atoms with E-state index in [0.717, 1.165) is 49.0 Å². The summed E-state index contributed by atoms with van der Waals surface area (Å²) in [5, 5.41) is 10.0. The number of carbonyl (C=O) groups is 2. The molecule has 0 radical (unpaired) electrons. The van der Waals surface area contributed by atoms with Crippen molar-refractivity contribution in [2.24, 2.45) is 0 Å². The molecule has 5 nitrogen and oxygen atoms in total. The molecule has 1 aliphatic heterocycles. The first-order valence-electron chi connectivity index (χ1n) is 12.9. The van der Waals surface area contributed by atoms with E-state index in [2.05, 4.69) is 38.1 Å². The number of carboxylic acids is 1. The van der Waals surface area contributed by atoms with Gasteiger partial charge < -0.3 is 14.7 Å². The van der Waals surface area contributed by atoms with Gasteiger partial charge in [-0.1, -0.05) is 61.3 Å². The van der Waals surface area contributed by atoms with Crippen LogP contribution in [0.4, 0.5) is 0 Å². The molecule has 1 unspecified atom stereocenters. The number of amides is 1. The fraction of sp³-hybridized carbons (Fsp3) is 0.355. The first-order chi connectivity index (χ1) is 17.7. The maximum absolute atomic E-state index is 13.3. The number of ether oxygens (including phenoxy) is 1. The second kappa shape index (κ2) is 11.8. The SMILES string of the molecule is CCCc1ccc(CC2(C)CCc3cc(C(=O)N(CCc4ccc(Cl)cc4)CC(=O)O)ccc3O2)cc1. The summed E-state index contributed by atoms with van der Waals surface area (Å²) in [6, 6.07) is 21.6. The van der Waals surface area contributed by atoms with Crippen LogP contribution in [0.3, 0.4) is 0 Å². The number of carbonyl (C=O) groups excluding carboxylic acids is 1. The third kappa shape index (κ3) is 7.14. The molecule has 0 aromatic heterocycles. The van der Waals surface area contributed by atoms with Gasteiger partial charge in [0, 0.05) is 23.6 Å². The topological polar surface area (TPSA) is 66.8 Å². The van der Waals surface area contributed by atoms with E-state index < -0.39 is 5.97 Å². The second-order valence-corrected chi connectivity index (χ2v) is 10.6. The Morgan fingerprint density at radius 1 is 0.973 bits per heavy atom. The van der Waals surface area contributed by atoms with Crippen LogP contribution in [0.1, 0.15) is 59.3 Å². The summed E-state index contributed by atoms with van der Waals surface area (Å²) < 4.78 is 6.45. The van der Waals surface area contributed by atoms with Gasteiger partial charge in [0.2, 0.25) is 0 Å². The number of hydrogen-bond donors (Lipinski definition) is 1. The molecule has 1 amide bonds. The van der Waals surface area contributed by atoms with E-state index in [0.29, 0.717) is 23.6 Å². The Balaban J connectivity index is 1.44. The molecular formula is C31H34ClNO4. The van der Waals surface area contributed by atoms with Gasteiger partial charge in [-0.15, -0.1) is 0 Å². The number of hydrogen-bond acceptors (Lipinski definition) is 3. The largest absolute Gasteiger partial charge is 0.487 e. The number of aliphatic carboxylic acids is 1. The van der Waals surface area contributed by atoms with E-state index in [1.165, 1.54) is 16.0 Å². The standard InChI is InChI=1S/C31H34ClNO4/c1-3-4-22-5-7-24(8-6-22)20-31(2)17-15-25-19-26(11-14-28(25)37-31)30(36)33(21-29(34)35)18-16-23-9-12-27(32)13-10-23/h5-14,19H,3-4,15-18,20-21H2,1-2H3,(H,34,35). The highest BCUT2D eigenvalue weighted by atomic mass is 35.5. The fourth-order valence-corrected chi connectivity index (χ4v) is 5.03. The van der Waals surface area contributed by atoms with E-state index in [4.69, 9.17) is 16.3 Å². The molecule has 1 aliphatic rings. The van der Waals surface area contributed by atoms with Gasteiger partial charge in [0.1, 0.15) is 17.9 Å². The van der Waals surface area contributed by atoms with Gasteiger partial charge in [0.05, 0.1) is 0 Å². The molecule has 0 saturated heterocycles. The van der Waals surface area contributed by atoms with Gasteiger partial charge in [-0.25, -0.2) is 0 Å². The van der Waals surface area contributed by atoms with Gasteiger partial charge in [-0.05, 0) is 85.2 Å². The molecular weight excluding hydrogens is 486 g/mol. The number of nitrogens with zero attached hydrogens (tertiary/aromatic N) is 1. The van der Waals surface area contributed by atoms with Crippen molar-refractivity contribution in [1.29, 1.82) is 0 Å². The minimum absolute atomic E-state index is 0.292. The average molecular weight is 520 g/mol. The Kier molecular flexibility index (Phi) is 8.55. The zero-order valence-corrected chi connectivity index (χ0v) is 22.3. The molecule has 6 heteroatoms. The predicted octanol–water partition coefficient (Wildman–Crippen LogP) is 6.39. The van der Waals surface area contributed by atoms with Crippen molar-refractivity contribution in [2.45, 2.75) is 58.0 Å². The fourth-order valence-electron chi connectivity index (χ4n) is 4.91. The zero-order valence-electron chi connectivity index (χ0n) is 21.5. The number of fused-ring (bicyclic) bond motifs is 1. The van der Waals surface area contributed by atoms with Crippen LogP contribution in [0.2, 0.25) is 5.02 Å². The summed E-state index contributed by atoms with van der Waals surface area (Å²) in [7, 11) is 0. The Bertz CT molecular complexity index is 1240. The first-order valence-corrected chi connectivity index (χ1v) is 13.3. The Morgan fingerprint density at radius 2 is 1.62 bits per heavy atom. The quantitative estimate of drug-likeness (QED) is 0.337. The highest BCUT2D eigenvalue weighted by Crippen LogP contribution is 2.36. The lowest BCUT2D eigenvalue weighted by Gasteiger charge is -2.36. The second-order valence-electron chi connectivity index (χ2n) is 10.1. The van der Waals surface area contributed by atoms with Crippen LogP contribution >= 0.6 is 11.6 Å². The molecule has 1 atom stereocenters. The van der Waals surface area contributed by atoms with Crippen LogP contribution in [-0.2, 0) is 30.5 Å². The summed E-state index contributed by atoms with van der Waals surface area (Å²) in [4.78, 5) is 26.1. The first kappa shape index (κ1) is 26.7. The van der Waals surface area contributed by atoms with Crippen molar-refractivity contribution in [1.82, 2.24) is 4.90 Å². The summed E-state index contributed by atoms with van der Waals surface area (Å²) in [5.41, 5.74) is 4.74. The Morgan fingerprint density at radius 3 is 2.30 bits per heavy atom. The number of halogens is 1. The summed E-state index contributed by atoms with van der Waals surface area (Å²) >= 11 is 5.95. The smallest absolute Gasteiger partial charge is 0.323 e. The lowest BCUT2D eigenvalue weighted by molar-refractivity contribution is -0.137. The van der Waals surface area contributed by atoms with Gasteiger partial charge in [-0.2, -0.15) is 0 Å². The Hall–Kier alpha value is -3.31. The third-order valence-electron chi connectivity index (χ3n) is 6.92. The summed E-state index contributed by atoms with van der Waals surface area (Å²) in [6.07, 6.45) is 5.22. The van der Waals surface area contributed by atoms with Crippen molar-refractivity contribution in [3.63, 3.8) is 0 Å². The molecule has 0 aliphatic carbocycles. The number of benzene rings is 3. The van der Waals surface area contributed by atoms with E-state index in [-0.39, 0.29) is 18.1 Å². The molecule has 0 spiro atoms. The molecule has 0 saturated carbocycles. The van der Waals surface area contributed by atoms with E-state index >= 15 is 0 Å². The summed E-state index contributed by atoms with van der Waals surface area (Å²) in [6.45, 7) is 4.28. The van der Waals surface area contributed by atoms with E-state index in [1.54, 1.807) is 18.2 Å². The van der Waals surface area contributed by atoms with Gasteiger partial charge in [0.15, 0.2) is 0 Å². The summed E-state index contributed by atoms with van der Waals surface area (Å²) in [5.74, 6) is -0.539. The number of aryl methyl sites for hydroxylation is 2. The van der Waals surface area contributed by atoms with Crippen molar-refractivity contribution in [3.05, 3.63) is 99.6 Å². The van der Waals surface area contributed by atoms with Crippen molar-refractivity contribution in [2.75, 3.05) is 13.1 Å². The molecule has 194 valence electrons. The van der Waals surface area contributed by atoms with Crippen molar-refractivity contribution in [3.8, 4) is 5.75 Å². The molecule has 1 N–H and O–H groups in total. The van der Waals surface area contributed by atoms with Crippen molar-refractivity contribution >= 4 is 23.5 Å². The van der Waals surface area contributed by atoms with E-state index in [9.17, 15) is 14.7 Å². The molecule has 4 rings (SSSR count).